The molecule has 3 rings (SSSR count). The Kier molecular flexibility index (Phi) is 3.22. The van der Waals surface area contributed by atoms with Crippen molar-refractivity contribution in [1.82, 2.24) is 14.3 Å². The number of carboxylic acid groups (broad SMARTS) is 1. The third-order valence-corrected chi connectivity index (χ3v) is 4.12. The van der Waals surface area contributed by atoms with E-state index in [1.807, 2.05) is 42.8 Å². The van der Waals surface area contributed by atoms with Crippen molar-refractivity contribution >= 4 is 11.6 Å². The van der Waals surface area contributed by atoms with E-state index in [2.05, 4.69) is 9.88 Å². The van der Waals surface area contributed by atoms with E-state index in [0.29, 0.717) is 6.54 Å². The first kappa shape index (κ1) is 13.1. The van der Waals surface area contributed by atoms with Gasteiger partial charge in [0.25, 0.3) is 0 Å². The highest BCUT2D eigenvalue weighted by molar-refractivity contribution is 5.71. The number of aromatic nitrogens is 2. The van der Waals surface area contributed by atoms with Crippen LogP contribution in [0.1, 0.15) is 18.2 Å². The SMILES string of the molecule is Cc1cccn2cc(CN3C[C@@H](C)[C@H](C(=O)O)C3)nc12. The Bertz CT molecular complexity index is 650. The molecule has 0 amide bonds. The third-order valence-electron chi connectivity index (χ3n) is 4.12. The number of hydrogen-bond acceptors (Lipinski definition) is 3. The summed E-state index contributed by atoms with van der Waals surface area (Å²) in [5.41, 5.74) is 3.12. The second-order valence-electron chi connectivity index (χ2n) is 5.77. The van der Waals surface area contributed by atoms with Crippen LogP contribution in [0.2, 0.25) is 0 Å². The minimum absolute atomic E-state index is 0.200. The van der Waals surface area contributed by atoms with Crippen molar-refractivity contribution in [3.8, 4) is 0 Å². The Hall–Kier alpha value is -1.88. The fourth-order valence-corrected chi connectivity index (χ4v) is 3.03. The molecule has 5 nitrogen and oxygen atoms in total. The maximum atomic E-state index is 11.1. The van der Waals surface area contributed by atoms with Crippen molar-refractivity contribution in [2.45, 2.75) is 20.4 Å². The lowest BCUT2D eigenvalue weighted by atomic mass is 9.99. The normalized spacial score (nSPS) is 23.5. The maximum Gasteiger partial charge on any atom is 0.308 e. The van der Waals surface area contributed by atoms with E-state index in [1.54, 1.807) is 0 Å². The lowest BCUT2D eigenvalue weighted by Crippen LogP contribution is -2.23. The Morgan fingerprint density at radius 1 is 1.50 bits per heavy atom. The Balaban J connectivity index is 1.77. The first-order valence-corrected chi connectivity index (χ1v) is 6.93. The predicted molar refractivity (Wildman–Crippen MR) is 75.5 cm³/mol. The molecule has 0 bridgehead atoms. The molecule has 2 aromatic heterocycles. The average molecular weight is 273 g/mol. The fraction of sp³-hybridized carbons (Fsp3) is 0.467. The quantitative estimate of drug-likeness (QED) is 0.926. The van der Waals surface area contributed by atoms with Crippen LogP contribution in [0.3, 0.4) is 0 Å². The van der Waals surface area contributed by atoms with Crippen LogP contribution in [0.15, 0.2) is 24.5 Å². The number of fused-ring (bicyclic) bond motifs is 1. The van der Waals surface area contributed by atoms with E-state index >= 15 is 0 Å². The van der Waals surface area contributed by atoms with Gasteiger partial charge < -0.3 is 9.51 Å². The summed E-state index contributed by atoms with van der Waals surface area (Å²) in [5, 5.41) is 9.17. The maximum absolute atomic E-state index is 11.1. The molecule has 2 atom stereocenters. The van der Waals surface area contributed by atoms with Gasteiger partial charge in [-0.25, -0.2) is 4.98 Å². The standard InChI is InChI=1S/C15H19N3O2/c1-10-4-3-5-18-8-12(16-14(10)18)7-17-6-11(2)13(9-17)15(19)20/h3-5,8,11,13H,6-7,9H2,1-2H3,(H,19,20)/t11-,13-/m1/s1. The molecule has 20 heavy (non-hydrogen) atoms. The van der Waals surface area contributed by atoms with Crippen LogP contribution in [0.4, 0.5) is 0 Å². The van der Waals surface area contributed by atoms with Gasteiger partial charge in [0.1, 0.15) is 5.65 Å². The summed E-state index contributed by atoms with van der Waals surface area (Å²) in [4.78, 5) is 18.0. The average Bonchev–Trinajstić information content (AvgIpc) is 2.94. The Morgan fingerprint density at radius 2 is 2.30 bits per heavy atom. The first-order valence-electron chi connectivity index (χ1n) is 6.93. The van der Waals surface area contributed by atoms with Crippen LogP contribution in [0.25, 0.3) is 5.65 Å². The molecule has 1 aliphatic heterocycles. The highest BCUT2D eigenvalue weighted by Gasteiger charge is 2.34. The third kappa shape index (κ3) is 2.29. The number of rotatable bonds is 3. The number of nitrogens with zero attached hydrogens (tertiary/aromatic N) is 3. The van der Waals surface area contributed by atoms with Crippen molar-refractivity contribution in [1.29, 1.82) is 0 Å². The molecule has 0 unspecified atom stereocenters. The minimum Gasteiger partial charge on any atom is -0.481 e. The number of carbonyl (C=O) groups is 1. The van der Waals surface area contributed by atoms with E-state index in [4.69, 9.17) is 0 Å². The molecule has 0 aromatic carbocycles. The Labute approximate surface area is 117 Å². The largest absolute Gasteiger partial charge is 0.481 e. The van der Waals surface area contributed by atoms with Crippen molar-refractivity contribution < 1.29 is 9.90 Å². The van der Waals surface area contributed by atoms with Crippen LogP contribution < -0.4 is 0 Å². The van der Waals surface area contributed by atoms with Gasteiger partial charge in [0.15, 0.2) is 0 Å². The van der Waals surface area contributed by atoms with Gasteiger partial charge in [0.2, 0.25) is 0 Å². The molecule has 0 saturated carbocycles. The van der Waals surface area contributed by atoms with E-state index in [1.165, 1.54) is 0 Å². The lowest BCUT2D eigenvalue weighted by molar-refractivity contribution is -0.142. The van der Waals surface area contributed by atoms with Gasteiger partial charge in [0.05, 0.1) is 11.6 Å². The van der Waals surface area contributed by atoms with E-state index in [9.17, 15) is 9.90 Å². The van der Waals surface area contributed by atoms with Gasteiger partial charge >= 0.3 is 5.97 Å². The summed E-state index contributed by atoms with van der Waals surface area (Å²) in [6.45, 7) is 6.21. The molecule has 3 heterocycles. The number of hydrogen-bond donors (Lipinski definition) is 1. The predicted octanol–water partition coefficient (Wildman–Crippen LogP) is 1.80. The summed E-state index contributed by atoms with van der Waals surface area (Å²) in [6, 6.07) is 4.05. The van der Waals surface area contributed by atoms with E-state index in [0.717, 1.165) is 30.0 Å². The smallest absolute Gasteiger partial charge is 0.308 e. The zero-order chi connectivity index (χ0) is 14.3. The van der Waals surface area contributed by atoms with Crippen LogP contribution in [0, 0.1) is 18.8 Å². The van der Waals surface area contributed by atoms with Gasteiger partial charge in [-0.15, -0.1) is 0 Å². The number of pyridine rings is 1. The topological polar surface area (TPSA) is 57.8 Å². The van der Waals surface area contributed by atoms with Crippen molar-refractivity contribution in [2.75, 3.05) is 13.1 Å². The fourth-order valence-electron chi connectivity index (χ4n) is 3.03. The Morgan fingerprint density at radius 3 is 2.95 bits per heavy atom. The van der Waals surface area contributed by atoms with Crippen LogP contribution in [0.5, 0.6) is 0 Å². The number of aliphatic carboxylic acids is 1. The van der Waals surface area contributed by atoms with Crippen LogP contribution in [-0.2, 0) is 11.3 Å². The van der Waals surface area contributed by atoms with Gasteiger partial charge in [-0.1, -0.05) is 13.0 Å². The molecule has 0 spiro atoms. The molecule has 0 aliphatic carbocycles. The zero-order valence-corrected chi connectivity index (χ0v) is 11.8. The second-order valence-corrected chi connectivity index (χ2v) is 5.77. The highest BCUT2D eigenvalue weighted by atomic mass is 16.4. The van der Waals surface area contributed by atoms with Crippen molar-refractivity contribution in [3.05, 3.63) is 35.8 Å². The molecule has 1 saturated heterocycles. The summed E-state index contributed by atoms with van der Waals surface area (Å²) < 4.78 is 2.03. The van der Waals surface area contributed by atoms with E-state index in [-0.39, 0.29) is 11.8 Å². The van der Waals surface area contributed by atoms with Crippen molar-refractivity contribution in [3.63, 3.8) is 0 Å². The monoisotopic (exact) mass is 273 g/mol. The van der Waals surface area contributed by atoms with Gasteiger partial charge in [0, 0.05) is 32.0 Å². The highest BCUT2D eigenvalue weighted by Crippen LogP contribution is 2.24. The number of imidazole rings is 1. The van der Waals surface area contributed by atoms with Crippen LogP contribution >= 0.6 is 0 Å². The van der Waals surface area contributed by atoms with Gasteiger partial charge in [-0.05, 0) is 24.5 Å². The van der Waals surface area contributed by atoms with Crippen molar-refractivity contribution in [2.24, 2.45) is 11.8 Å². The second kappa shape index (κ2) is 4.90. The number of likely N-dealkylation sites (tertiary alicyclic amines) is 1. The summed E-state index contributed by atoms with van der Waals surface area (Å²) in [7, 11) is 0. The van der Waals surface area contributed by atoms with Gasteiger partial charge in [-0.3, -0.25) is 9.69 Å². The molecule has 0 radical (unpaired) electrons. The summed E-state index contributed by atoms with van der Waals surface area (Å²) in [6.07, 6.45) is 4.02. The molecule has 1 N–H and O–H groups in total. The van der Waals surface area contributed by atoms with E-state index < -0.39 is 5.97 Å². The summed E-state index contributed by atoms with van der Waals surface area (Å²) >= 11 is 0. The first-order chi connectivity index (χ1) is 9.54. The minimum atomic E-state index is -0.689. The molecule has 2 aromatic rings. The molecule has 1 aliphatic rings. The zero-order valence-electron chi connectivity index (χ0n) is 11.8. The molecule has 5 heteroatoms. The molecular formula is C15H19N3O2. The van der Waals surface area contributed by atoms with Crippen LogP contribution in [-0.4, -0.2) is 38.4 Å². The molecule has 106 valence electrons. The number of aryl methyl sites for hydroxylation is 1. The molecule has 1 fully saturated rings. The lowest BCUT2D eigenvalue weighted by Gasteiger charge is -2.12. The summed E-state index contributed by atoms with van der Waals surface area (Å²) in [5.74, 6) is -0.745. The number of carboxylic acids is 1. The van der Waals surface area contributed by atoms with Gasteiger partial charge in [-0.2, -0.15) is 0 Å². The molecular weight excluding hydrogens is 254 g/mol.